The Kier molecular flexibility index (Phi) is 7.14. The Labute approximate surface area is 228 Å². The van der Waals surface area contributed by atoms with E-state index in [1.165, 1.54) is 0 Å². The SMILES string of the molecule is CCCCC(=O)OC[C@@]1(C)[C@@H]2C[C@H](O)[C@@]3(C)Oc4cc(-c5cccnc5)oc(=O)c4[C@H](O)[C@@H]3[C@@]2(C)CC[C@@H]1O. The van der Waals surface area contributed by atoms with Crippen LogP contribution < -0.4 is 10.4 Å². The molecule has 3 N–H and O–H groups in total. The molecule has 0 amide bonds. The fourth-order valence-electron chi connectivity index (χ4n) is 7.69. The van der Waals surface area contributed by atoms with E-state index in [4.69, 9.17) is 13.9 Å². The standard InChI is InChI=1S/C30H39NO8/c1-5-6-9-23(34)37-16-29(3)20-14-22(33)30(4)26(28(20,2)11-10-21(29)32)25(35)24-19(39-30)13-18(38-27(24)36)17-8-7-12-31-15-17/h7-8,12-13,15,20-22,25-26,32-33,35H,5-6,9-11,14,16H2,1-4H3/t20-,21+,22+,25+,26-,28+,29+,30-/m1/s1. The Morgan fingerprint density at radius 3 is 2.67 bits per heavy atom. The van der Waals surface area contributed by atoms with Crippen molar-refractivity contribution in [2.45, 2.75) is 90.1 Å². The van der Waals surface area contributed by atoms with Gasteiger partial charge < -0.3 is 29.2 Å². The maximum atomic E-state index is 13.2. The molecule has 0 saturated heterocycles. The summed E-state index contributed by atoms with van der Waals surface area (Å²) in [4.78, 5) is 29.7. The molecule has 2 fully saturated rings. The van der Waals surface area contributed by atoms with Gasteiger partial charge in [-0.1, -0.05) is 27.2 Å². The van der Waals surface area contributed by atoms with Gasteiger partial charge in [0.25, 0.3) is 0 Å². The number of aliphatic hydroxyl groups excluding tert-OH is 3. The van der Waals surface area contributed by atoms with Crippen molar-refractivity contribution in [3.05, 3.63) is 46.6 Å². The summed E-state index contributed by atoms with van der Waals surface area (Å²) in [6.07, 6.45) is 3.30. The van der Waals surface area contributed by atoms with Crippen LogP contribution in [0.4, 0.5) is 0 Å². The Balaban J connectivity index is 1.53. The molecule has 0 radical (unpaired) electrons. The molecular weight excluding hydrogens is 502 g/mol. The lowest BCUT2D eigenvalue weighted by atomic mass is 9.42. The molecule has 0 aromatic carbocycles. The van der Waals surface area contributed by atoms with Gasteiger partial charge in [-0.15, -0.1) is 0 Å². The predicted molar refractivity (Wildman–Crippen MR) is 142 cm³/mol. The van der Waals surface area contributed by atoms with Crippen LogP contribution in [-0.2, 0) is 9.53 Å². The number of hydrogen-bond acceptors (Lipinski definition) is 9. The molecule has 3 aliphatic rings. The van der Waals surface area contributed by atoms with E-state index in [0.717, 1.165) is 12.8 Å². The molecule has 0 unspecified atom stereocenters. The number of hydrogen-bond donors (Lipinski definition) is 3. The number of pyridine rings is 1. The molecule has 0 bridgehead atoms. The molecule has 5 rings (SSSR count). The highest BCUT2D eigenvalue weighted by Crippen LogP contribution is 2.66. The second-order valence-electron chi connectivity index (χ2n) is 12.3. The molecule has 212 valence electrons. The largest absolute Gasteiger partial charge is 0.484 e. The average molecular weight is 542 g/mol. The number of aliphatic hydroxyl groups is 3. The summed E-state index contributed by atoms with van der Waals surface area (Å²) in [6.45, 7) is 7.71. The zero-order chi connectivity index (χ0) is 28.2. The molecule has 9 nitrogen and oxygen atoms in total. The van der Waals surface area contributed by atoms with Gasteiger partial charge in [0.05, 0.1) is 24.9 Å². The van der Waals surface area contributed by atoms with Gasteiger partial charge in [-0.05, 0) is 56.1 Å². The Morgan fingerprint density at radius 1 is 1.21 bits per heavy atom. The van der Waals surface area contributed by atoms with Crippen molar-refractivity contribution in [3.8, 4) is 17.1 Å². The Hall–Kier alpha value is -2.75. The molecule has 8 atom stereocenters. The number of nitrogens with zero attached hydrogens (tertiary/aromatic N) is 1. The van der Waals surface area contributed by atoms with Crippen LogP contribution >= 0.6 is 0 Å². The van der Waals surface area contributed by atoms with E-state index in [2.05, 4.69) is 4.98 Å². The number of esters is 1. The minimum absolute atomic E-state index is 0.0112. The topological polar surface area (TPSA) is 139 Å². The second kappa shape index (κ2) is 10.0. The molecule has 2 aromatic heterocycles. The molecule has 39 heavy (non-hydrogen) atoms. The number of carbonyl (C=O) groups is 1. The lowest BCUT2D eigenvalue weighted by Crippen LogP contribution is -2.70. The quantitative estimate of drug-likeness (QED) is 0.466. The fraction of sp³-hybridized carbons (Fsp3) is 0.633. The van der Waals surface area contributed by atoms with E-state index in [1.54, 1.807) is 37.5 Å². The highest BCUT2D eigenvalue weighted by molar-refractivity contribution is 5.69. The average Bonchev–Trinajstić information content (AvgIpc) is 2.90. The van der Waals surface area contributed by atoms with Crippen molar-refractivity contribution in [3.63, 3.8) is 0 Å². The van der Waals surface area contributed by atoms with Crippen LogP contribution in [0.5, 0.6) is 5.75 Å². The van der Waals surface area contributed by atoms with E-state index >= 15 is 0 Å². The van der Waals surface area contributed by atoms with Crippen molar-refractivity contribution in [2.24, 2.45) is 22.7 Å². The number of unbranched alkanes of at least 4 members (excludes halogenated alkanes) is 1. The van der Waals surface area contributed by atoms with E-state index in [-0.39, 0.29) is 42.0 Å². The molecule has 9 heteroatoms. The van der Waals surface area contributed by atoms with Crippen LogP contribution in [-0.4, -0.2) is 50.7 Å². The van der Waals surface area contributed by atoms with E-state index in [0.29, 0.717) is 24.8 Å². The summed E-state index contributed by atoms with van der Waals surface area (Å²) in [6, 6.07) is 5.05. The van der Waals surface area contributed by atoms with Crippen LogP contribution in [0.25, 0.3) is 11.3 Å². The first-order valence-electron chi connectivity index (χ1n) is 13.9. The zero-order valence-corrected chi connectivity index (χ0v) is 23.1. The van der Waals surface area contributed by atoms with E-state index in [9.17, 15) is 24.9 Å². The van der Waals surface area contributed by atoms with Crippen LogP contribution in [0.3, 0.4) is 0 Å². The van der Waals surface area contributed by atoms with Gasteiger partial charge in [-0.2, -0.15) is 0 Å². The summed E-state index contributed by atoms with van der Waals surface area (Å²) in [7, 11) is 0. The van der Waals surface area contributed by atoms with Crippen LogP contribution in [0, 0.1) is 22.7 Å². The van der Waals surface area contributed by atoms with Crippen LogP contribution in [0.1, 0.15) is 77.9 Å². The minimum atomic E-state index is -1.27. The fourth-order valence-corrected chi connectivity index (χ4v) is 7.69. The van der Waals surface area contributed by atoms with Gasteiger partial charge in [0.15, 0.2) is 0 Å². The first-order valence-corrected chi connectivity index (χ1v) is 13.9. The monoisotopic (exact) mass is 541 g/mol. The molecule has 2 aliphatic carbocycles. The first kappa shape index (κ1) is 27.8. The molecule has 2 aromatic rings. The van der Waals surface area contributed by atoms with Gasteiger partial charge in [0, 0.05) is 41.8 Å². The summed E-state index contributed by atoms with van der Waals surface area (Å²) >= 11 is 0. The van der Waals surface area contributed by atoms with Gasteiger partial charge in [0.2, 0.25) is 0 Å². The third kappa shape index (κ3) is 4.39. The van der Waals surface area contributed by atoms with Crippen molar-refractivity contribution in [1.29, 1.82) is 0 Å². The lowest BCUT2D eigenvalue weighted by Gasteiger charge is -2.66. The lowest BCUT2D eigenvalue weighted by molar-refractivity contribution is -0.265. The normalized spacial score (nSPS) is 37.2. The second-order valence-corrected chi connectivity index (χ2v) is 12.3. The summed E-state index contributed by atoms with van der Waals surface area (Å²) in [5, 5.41) is 34.6. The predicted octanol–water partition coefficient (Wildman–Crippen LogP) is 3.78. The minimum Gasteiger partial charge on any atom is -0.484 e. The number of fused-ring (bicyclic) bond motifs is 4. The smallest absolute Gasteiger partial charge is 0.345 e. The maximum absolute atomic E-state index is 13.2. The van der Waals surface area contributed by atoms with Gasteiger partial charge in [-0.3, -0.25) is 9.78 Å². The third-order valence-electron chi connectivity index (χ3n) is 9.87. The van der Waals surface area contributed by atoms with Crippen molar-refractivity contribution in [1.82, 2.24) is 4.98 Å². The van der Waals surface area contributed by atoms with Gasteiger partial charge >= 0.3 is 11.6 Å². The van der Waals surface area contributed by atoms with E-state index < -0.39 is 46.3 Å². The highest BCUT2D eigenvalue weighted by atomic mass is 16.5. The number of aromatic nitrogens is 1. The number of ether oxygens (including phenoxy) is 2. The molecule has 3 heterocycles. The van der Waals surface area contributed by atoms with Crippen LogP contribution in [0.15, 0.2) is 39.8 Å². The van der Waals surface area contributed by atoms with Gasteiger partial charge in [-0.25, -0.2) is 4.79 Å². The highest BCUT2D eigenvalue weighted by Gasteiger charge is 2.69. The summed E-state index contributed by atoms with van der Waals surface area (Å²) in [5.74, 6) is -0.867. The molecule has 2 saturated carbocycles. The summed E-state index contributed by atoms with van der Waals surface area (Å²) in [5.41, 5.74) is -2.80. The maximum Gasteiger partial charge on any atom is 0.345 e. The van der Waals surface area contributed by atoms with Crippen LogP contribution in [0.2, 0.25) is 0 Å². The summed E-state index contributed by atoms with van der Waals surface area (Å²) < 4.78 is 17.7. The van der Waals surface area contributed by atoms with Crippen molar-refractivity contribution < 1.29 is 34.0 Å². The number of rotatable bonds is 6. The van der Waals surface area contributed by atoms with Crippen molar-refractivity contribution >= 4 is 5.97 Å². The number of carbonyl (C=O) groups excluding carboxylic acids is 1. The zero-order valence-electron chi connectivity index (χ0n) is 23.1. The molecule has 1 aliphatic heterocycles. The third-order valence-corrected chi connectivity index (χ3v) is 9.87. The van der Waals surface area contributed by atoms with Crippen molar-refractivity contribution in [2.75, 3.05) is 6.61 Å². The van der Waals surface area contributed by atoms with Gasteiger partial charge in [0.1, 0.15) is 22.7 Å². The first-order chi connectivity index (χ1) is 18.5. The Bertz CT molecular complexity index is 1280. The molecule has 0 spiro atoms. The Morgan fingerprint density at radius 2 is 1.97 bits per heavy atom. The molecular formula is C30H39NO8. The van der Waals surface area contributed by atoms with E-state index in [1.807, 2.05) is 20.8 Å².